The molecule has 1 saturated heterocycles. The Morgan fingerprint density at radius 2 is 1.76 bits per heavy atom. The Labute approximate surface area is 209 Å². The molecule has 4 rings (SSSR count). The lowest BCUT2D eigenvalue weighted by atomic mass is 9.81. The molecule has 2 aromatic rings. The largest absolute Gasteiger partial charge is 0.368 e. The summed E-state index contributed by atoms with van der Waals surface area (Å²) in [5.41, 5.74) is 3.89. The van der Waals surface area contributed by atoms with Crippen LogP contribution in [0.3, 0.4) is 0 Å². The van der Waals surface area contributed by atoms with E-state index in [0.717, 1.165) is 55.6 Å². The number of carbonyl (C=O) groups is 1. The third-order valence-corrected chi connectivity index (χ3v) is 10.6. The molecule has 0 radical (unpaired) electrons. The number of hydrogen-bond donors (Lipinski definition) is 1. The number of hydrogen-bond acceptors (Lipinski definition) is 5. The zero-order valence-electron chi connectivity index (χ0n) is 19.2. The van der Waals surface area contributed by atoms with Crippen molar-refractivity contribution in [2.24, 2.45) is 11.8 Å². The van der Waals surface area contributed by atoms with Gasteiger partial charge in [0.1, 0.15) is 4.21 Å². The van der Waals surface area contributed by atoms with Gasteiger partial charge < -0.3 is 9.80 Å². The predicted octanol–water partition coefficient (Wildman–Crippen LogP) is 4.56. The average Bonchev–Trinajstić information content (AvgIpc) is 3.27. The maximum Gasteiger partial charge on any atom is 0.250 e. The summed E-state index contributed by atoms with van der Waals surface area (Å²) < 4.78 is 28.8. The molecule has 1 aromatic heterocycles. The molecule has 1 aliphatic heterocycles. The van der Waals surface area contributed by atoms with Crippen molar-refractivity contribution in [1.29, 1.82) is 0 Å². The summed E-state index contributed by atoms with van der Waals surface area (Å²) in [6.07, 6.45) is 3.45. The number of rotatable bonds is 6. The van der Waals surface area contributed by atoms with E-state index in [1.165, 1.54) is 28.2 Å². The van der Waals surface area contributed by atoms with E-state index in [4.69, 9.17) is 0 Å². The Kier molecular flexibility index (Phi) is 7.83. The van der Waals surface area contributed by atoms with Crippen LogP contribution in [0, 0.1) is 25.7 Å². The molecule has 0 bridgehead atoms. The van der Waals surface area contributed by atoms with E-state index >= 15 is 0 Å². The molecule has 0 atom stereocenters. The number of amides is 1. The summed E-state index contributed by atoms with van der Waals surface area (Å²) in [5.74, 6) is 0.629. The fourth-order valence-corrected chi connectivity index (χ4v) is 8.03. The Balaban J connectivity index is 1.23. The number of aryl methyl sites for hydroxylation is 1. The van der Waals surface area contributed by atoms with Gasteiger partial charge in [-0.2, -0.15) is 0 Å². The number of anilines is 1. The van der Waals surface area contributed by atoms with E-state index in [1.807, 2.05) is 4.90 Å². The molecule has 9 heteroatoms. The molecule has 1 N–H and O–H groups in total. The molecular weight excluding hydrogens is 522 g/mol. The summed E-state index contributed by atoms with van der Waals surface area (Å²) >= 11 is 4.53. The number of carbonyl (C=O) groups excluding carboxylic acids is 1. The molecule has 0 spiro atoms. The summed E-state index contributed by atoms with van der Waals surface area (Å²) in [6.45, 7) is 8.01. The molecule has 2 fully saturated rings. The molecule has 180 valence electrons. The number of sulfonamides is 1. The van der Waals surface area contributed by atoms with Gasteiger partial charge in [-0.1, -0.05) is 12.1 Å². The minimum Gasteiger partial charge on any atom is -0.368 e. The van der Waals surface area contributed by atoms with E-state index in [9.17, 15) is 13.2 Å². The molecule has 2 aliphatic rings. The molecule has 0 unspecified atom stereocenters. The van der Waals surface area contributed by atoms with Gasteiger partial charge in [-0.15, -0.1) is 11.3 Å². The zero-order valence-corrected chi connectivity index (χ0v) is 22.4. The smallest absolute Gasteiger partial charge is 0.250 e. The van der Waals surface area contributed by atoms with Crippen molar-refractivity contribution in [3.05, 3.63) is 45.2 Å². The fourth-order valence-electron chi connectivity index (χ4n) is 4.86. The van der Waals surface area contributed by atoms with Crippen LogP contribution in [0.4, 0.5) is 5.69 Å². The quantitative estimate of drug-likeness (QED) is 0.569. The highest BCUT2D eigenvalue weighted by Crippen LogP contribution is 2.32. The topological polar surface area (TPSA) is 69.7 Å². The van der Waals surface area contributed by atoms with Gasteiger partial charge in [-0.05, 0) is 90.7 Å². The second-order valence-corrected chi connectivity index (χ2v) is 13.6. The molecule has 33 heavy (non-hydrogen) atoms. The highest BCUT2D eigenvalue weighted by Gasteiger charge is 2.32. The first-order valence-corrected chi connectivity index (χ1v) is 14.7. The molecule has 1 aromatic carbocycles. The number of thiophene rings is 1. The molecule has 6 nitrogen and oxygen atoms in total. The van der Waals surface area contributed by atoms with Crippen LogP contribution in [0.15, 0.2) is 38.3 Å². The van der Waals surface area contributed by atoms with Gasteiger partial charge in [0.15, 0.2) is 0 Å². The number of benzene rings is 1. The van der Waals surface area contributed by atoms with Crippen molar-refractivity contribution in [2.75, 3.05) is 37.6 Å². The summed E-state index contributed by atoms with van der Waals surface area (Å²) in [6, 6.07) is 9.78. The van der Waals surface area contributed by atoms with Crippen molar-refractivity contribution in [3.63, 3.8) is 0 Å². The van der Waals surface area contributed by atoms with Crippen LogP contribution in [-0.2, 0) is 14.8 Å². The van der Waals surface area contributed by atoms with E-state index in [1.54, 1.807) is 12.1 Å². The molecule has 2 heterocycles. The Bertz CT molecular complexity index is 1090. The van der Waals surface area contributed by atoms with Gasteiger partial charge in [-0.25, -0.2) is 13.1 Å². The number of halogens is 1. The van der Waals surface area contributed by atoms with E-state index in [-0.39, 0.29) is 17.7 Å². The monoisotopic (exact) mass is 553 g/mol. The van der Waals surface area contributed by atoms with Crippen molar-refractivity contribution < 1.29 is 13.2 Å². The van der Waals surface area contributed by atoms with Crippen molar-refractivity contribution in [2.45, 2.75) is 43.7 Å². The standard InChI is InChI=1S/C24H32BrN3O3S2/c1-17-4-3-5-21(18(17)2)27-12-14-28(15-13-27)24(29)20-8-6-19(7-9-20)16-26-33(30,31)23-11-10-22(25)32-23/h3-5,10-11,19-20,26H,6-9,12-16H2,1-2H3. The van der Waals surface area contributed by atoms with Crippen molar-refractivity contribution in [1.82, 2.24) is 9.62 Å². The SMILES string of the molecule is Cc1cccc(N2CCN(C(=O)C3CCC(CNS(=O)(=O)c4ccc(Br)s4)CC3)CC2)c1C. The normalized spacial score (nSPS) is 21.9. The number of nitrogens with zero attached hydrogens (tertiary/aromatic N) is 2. The minimum atomic E-state index is -3.46. The summed E-state index contributed by atoms with van der Waals surface area (Å²) in [4.78, 5) is 17.5. The van der Waals surface area contributed by atoms with Crippen LogP contribution >= 0.6 is 27.3 Å². The van der Waals surface area contributed by atoms with E-state index in [2.05, 4.69) is 57.6 Å². The third kappa shape index (κ3) is 5.81. The predicted molar refractivity (Wildman–Crippen MR) is 137 cm³/mol. The lowest BCUT2D eigenvalue weighted by Gasteiger charge is -2.39. The van der Waals surface area contributed by atoms with Crippen LogP contribution in [-0.4, -0.2) is 51.9 Å². The van der Waals surface area contributed by atoms with Gasteiger partial charge in [0.2, 0.25) is 15.9 Å². The van der Waals surface area contributed by atoms with Gasteiger partial charge in [-0.3, -0.25) is 4.79 Å². The maximum absolute atomic E-state index is 13.1. The lowest BCUT2D eigenvalue weighted by molar-refractivity contribution is -0.137. The van der Waals surface area contributed by atoms with E-state index < -0.39 is 10.0 Å². The Morgan fingerprint density at radius 3 is 2.39 bits per heavy atom. The van der Waals surface area contributed by atoms with Gasteiger partial charge >= 0.3 is 0 Å². The highest BCUT2D eigenvalue weighted by atomic mass is 79.9. The molecular formula is C24H32BrN3O3S2. The van der Waals surface area contributed by atoms with Crippen molar-refractivity contribution >= 4 is 48.9 Å². The average molecular weight is 555 g/mol. The van der Waals surface area contributed by atoms with Gasteiger partial charge in [0.05, 0.1) is 3.79 Å². The first-order chi connectivity index (χ1) is 15.7. The first kappa shape index (κ1) is 24.7. The maximum atomic E-state index is 13.1. The van der Waals surface area contributed by atoms with Crippen LogP contribution in [0.25, 0.3) is 0 Å². The van der Waals surface area contributed by atoms with Gasteiger partial charge in [0, 0.05) is 44.3 Å². The first-order valence-electron chi connectivity index (χ1n) is 11.6. The third-order valence-electron chi connectivity index (χ3n) is 7.08. The van der Waals surface area contributed by atoms with Gasteiger partial charge in [0.25, 0.3) is 0 Å². The molecule has 1 amide bonds. The molecule has 1 aliphatic carbocycles. The van der Waals surface area contributed by atoms with E-state index in [0.29, 0.717) is 10.8 Å². The minimum absolute atomic E-state index is 0.0679. The number of nitrogens with one attached hydrogen (secondary N) is 1. The van der Waals surface area contributed by atoms with Crippen LogP contribution < -0.4 is 9.62 Å². The summed E-state index contributed by atoms with van der Waals surface area (Å²) in [7, 11) is -3.46. The second-order valence-electron chi connectivity index (χ2n) is 9.16. The fraction of sp³-hybridized carbons (Fsp3) is 0.542. The second kappa shape index (κ2) is 10.5. The van der Waals surface area contributed by atoms with Crippen LogP contribution in [0.2, 0.25) is 0 Å². The highest BCUT2D eigenvalue weighted by molar-refractivity contribution is 9.11. The lowest BCUT2D eigenvalue weighted by Crippen LogP contribution is -2.51. The van der Waals surface area contributed by atoms with Crippen LogP contribution in [0.5, 0.6) is 0 Å². The van der Waals surface area contributed by atoms with Crippen molar-refractivity contribution in [3.8, 4) is 0 Å². The Hall–Kier alpha value is -1.42. The number of piperazine rings is 1. The zero-order chi connectivity index (χ0) is 23.6. The van der Waals surface area contributed by atoms with Crippen LogP contribution in [0.1, 0.15) is 36.8 Å². The summed E-state index contributed by atoms with van der Waals surface area (Å²) in [5, 5.41) is 0. The Morgan fingerprint density at radius 1 is 1.06 bits per heavy atom. The molecule has 1 saturated carbocycles.